The summed E-state index contributed by atoms with van der Waals surface area (Å²) in [6.45, 7) is 1.27. The first kappa shape index (κ1) is 13.0. The van der Waals surface area contributed by atoms with Gasteiger partial charge in [0.2, 0.25) is 0 Å². The van der Waals surface area contributed by atoms with Crippen LogP contribution in [0.1, 0.15) is 27.6 Å². The predicted molar refractivity (Wildman–Crippen MR) is 79.8 cm³/mol. The number of benzene rings is 2. The summed E-state index contributed by atoms with van der Waals surface area (Å²) in [7, 11) is 0. The van der Waals surface area contributed by atoms with Crippen molar-refractivity contribution in [3.8, 4) is 5.75 Å². The molecule has 20 heavy (non-hydrogen) atoms. The lowest BCUT2D eigenvalue weighted by Gasteiger charge is -2.23. The standard InChI is InChI=1S/C14H8INO4/c1-7(17)20-10-6-5-8-3-2-4-9-11(8)12(10)14(19)16(15)13(9)18/h2-6H,1H3. The van der Waals surface area contributed by atoms with Crippen LogP contribution in [0.15, 0.2) is 30.3 Å². The molecule has 1 heterocycles. The molecule has 0 saturated heterocycles. The van der Waals surface area contributed by atoms with Crippen molar-refractivity contribution in [3.05, 3.63) is 41.5 Å². The number of ether oxygens (including phenoxy) is 1. The van der Waals surface area contributed by atoms with E-state index in [2.05, 4.69) is 0 Å². The molecule has 0 spiro atoms. The van der Waals surface area contributed by atoms with Gasteiger partial charge in [-0.1, -0.05) is 18.2 Å². The summed E-state index contributed by atoms with van der Waals surface area (Å²) in [6, 6.07) is 8.52. The molecule has 2 aromatic rings. The van der Waals surface area contributed by atoms with Crippen LogP contribution in [0.25, 0.3) is 10.8 Å². The number of carbonyl (C=O) groups is 3. The van der Waals surface area contributed by atoms with E-state index in [1.165, 1.54) is 6.92 Å². The largest absolute Gasteiger partial charge is 0.426 e. The second kappa shape index (κ2) is 4.55. The van der Waals surface area contributed by atoms with Crippen LogP contribution in [0.3, 0.4) is 0 Å². The Hall–Kier alpha value is -1.96. The van der Waals surface area contributed by atoms with E-state index in [4.69, 9.17) is 4.74 Å². The fourth-order valence-electron chi connectivity index (χ4n) is 2.29. The van der Waals surface area contributed by atoms with Gasteiger partial charge in [-0.25, -0.2) is 3.11 Å². The van der Waals surface area contributed by atoms with Gasteiger partial charge in [0.1, 0.15) is 5.75 Å². The van der Waals surface area contributed by atoms with Crippen molar-refractivity contribution in [2.75, 3.05) is 0 Å². The first-order chi connectivity index (χ1) is 9.50. The lowest BCUT2D eigenvalue weighted by Crippen LogP contribution is -2.32. The molecule has 1 aliphatic rings. The molecule has 6 heteroatoms. The molecule has 0 radical (unpaired) electrons. The number of esters is 1. The fraction of sp³-hybridized carbons (Fsp3) is 0.0714. The minimum absolute atomic E-state index is 0.177. The topological polar surface area (TPSA) is 63.7 Å². The van der Waals surface area contributed by atoms with Crippen LogP contribution in [-0.4, -0.2) is 20.9 Å². The van der Waals surface area contributed by atoms with E-state index >= 15 is 0 Å². The van der Waals surface area contributed by atoms with Gasteiger partial charge in [-0.15, -0.1) is 0 Å². The van der Waals surface area contributed by atoms with Gasteiger partial charge in [-0.3, -0.25) is 14.4 Å². The third kappa shape index (κ3) is 1.79. The Labute approximate surface area is 128 Å². The summed E-state index contributed by atoms with van der Waals surface area (Å²) >= 11 is 1.66. The highest BCUT2D eigenvalue weighted by Crippen LogP contribution is 2.37. The van der Waals surface area contributed by atoms with E-state index in [9.17, 15) is 14.4 Å². The lowest BCUT2D eigenvalue weighted by molar-refractivity contribution is -0.131. The minimum Gasteiger partial charge on any atom is -0.426 e. The normalized spacial score (nSPS) is 13.8. The zero-order valence-electron chi connectivity index (χ0n) is 10.3. The summed E-state index contributed by atoms with van der Waals surface area (Å²) in [5.41, 5.74) is 0.683. The number of hydrogen-bond donors (Lipinski definition) is 0. The van der Waals surface area contributed by atoms with Gasteiger partial charge in [-0.05, 0) is 17.5 Å². The summed E-state index contributed by atoms with van der Waals surface area (Å²) < 4.78 is 6.09. The highest BCUT2D eigenvalue weighted by atomic mass is 127. The molecule has 2 amide bonds. The van der Waals surface area contributed by atoms with E-state index < -0.39 is 11.9 Å². The van der Waals surface area contributed by atoms with Crippen LogP contribution < -0.4 is 4.74 Å². The smallest absolute Gasteiger partial charge is 0.308 e. The number of nitrogens with zero attached hydrogens (tertiary/aromatic N) is 1. The molecule has 3 rings (SSSR count). The monoisotopic (exact) mass is 381 g/mol. The molecule has 2 aromatic carbocycles. The van der Waals surface area contributed by atoms with Crippen LogP contribution in [-0.2, 0) is 4.79 Å². The number of amides is 2. The van der Waals surface area contributed by atoms with Crippen LogP contribution >= 0.6 is 22.9 Å². The Kier molecular flexibility index (Phi) is 2.97. The van der Waals surface area contributed by atoms with Gasteiger partial charge in [0, 0.05) is 17.9 Å². The molecule has 1 aliphatic heterocycles. The van der Waals surface area contributed by atoms with Crippen LogP contribution in [0.2, 0.25) is 0 Å². The van der Waals surface area contributed by atoms with Gasteiger partial charge < -0.3 is 4.74 Å². The zero-order valence-corrected chi connectivity index (χ0v) is 12.5. The molecule has 0 N–H and O–H groups in total. The van der Waals surface area contributed by atoms with Gasteiger partial charge in [0.25, 0.3) is 11.8 Å². The maximum Gasteiger partial charge on any atom is 0.308 e. The highest BCUT2D eigenvalue weighted by molar-refractivity contribution is 14.1. The Bertz CT molecular complexity index is 784. The summed E-state index contributed by atoms with van der Waals surface area (Å²) in [5, 5.41) is 1.30. The molecule has 0 fully saturated rings. The zero-order chi connectivity index (χ0) is 14.4. The highest BCUT2D eigenvalue weighted by Gasteiger charge is 2.34. The maximum absolute atomic E-state index is 12.3. The van der Waals surface area contributed by atoms with Gasteiger partial charge in [0.05, 0.1) is 28.4 Å². The summed E-state index contributed by atoms with van der Waals surface area (Å²) in [5.74, 6) is -1.18. The van der Waals surface area contributed by atoms with Crippen molar-refractivity contribution in [2.24, 2.45) is 0 Å². The van der Waals surface area contributed by atoms with Crippen molar-refractivity contribution >= 4 is 51.4 Å². The molecule has 0 unspecified atom stereocenters. The van der Waals surface area contributed by atoms with Crippen LogP contribution in [0.4, 0.5) is 0 Å². The average Bonchev–Trinajstić information content (AvgIpc) is 2.42. The quantitative estimate of drug-likeness (QED) is 0.251. The predicted octanol–water partition coefficient (Wildman–Crippen LogP) is 2.71. The summed E-state index contributed by atoms with van der Waals surface area (Å²) in [4.78, 5) is 35.6. The molecule has 5 nitrogen and oxygen atoms in total. The first-order valence-electron chi connectivity index (χ1n) is 5.79. The number of hydrogen-bond acceptors (Lipinski definition) is 4. The Morgan fingerprint density at radius 1 is 1.15 bits per heavy atom. The molecular formula is C14H8INO4. The minimum atomic E-state index is -0.511. The molecule has 0 atom stereocenters. The van der Waals surface area contributed by atoms with E-state index in [0.29, 0.717) is 10.9 Å². The van der Waals surface area contributed by atoms with Gasteiger partial charge in [-0.2, -0.15) is 0 Å². The van der Waals surface area contributed by atoms with Gasteiger partial charge in [0.15, 0.2) is 0 Å². The Balaban J connectivity index is 2.41. The van der Waals surface area contributed by atoms with Crippen molar-refractivity contribution in [1.82, 2.24) is 3.11 Å². The van der Waals surface area contributed by atoms with Crippen molar-refractivity contribution in [3.63, 3.8) is 0 Å². The SMILES string of the molecule is CC(=O)Oc1ccc2cccc3c2c1C(=O)N(I)C3=O. The second-order valence-electron chi connectivity index (χ2n) is 4.33. The number of carbonyl (C=O) groups excluding carboxylic acids is 3. The first-order valence-corrected chi connectivity index (χ1v) is 6.76. The molecule has 100 valence electrons. The van der Waals surface area contributed by atoms with Crippen molar-refractivity contribution in [2.45, 2.75) is 6.92 Å². The lowest BCUT2D eigenvalue weighted by atomic mass is 9.94. The molecule has 0 aromatic heterocycles. The van der Waals surface area contributed by atoms with E-state index in [-0.39, 0.29) is 17.2 Å². The van der Waals surface area contributed by atoms with Crippen LogP contribution in [0, 0.1) is 0 Å². The average molecular weight is 381 g/mol. The van der Waals surface area contributed by atoms with Crippen LogP contribution in [0.5, 0.6) is 5.75 Å². The van der Waals surface area contributed by atoms with Crippen molar-refractivity contribution in [1.29, 1.82) is 0 Å². The molecular weight excluding hydrogens is 373 g/mol. The van der Waals surface area contributed by atoms with Gasteiger partial charge >= 0.3 is 5.97 Å². The number of rotatable bonds is 1. The maximum atomic E-state index is 12.3. The Morgan fingerprint density at radius 2 is 1.90 bits per heavy atom. The number of halogens is 1. The third-order valence-corrected chi connectivity index (χ3v) is 3.94. The number of imide groups is 1. The molecule has 0 saturated carbocycles. The third-order valence-electron chi connectivity index (χ3n) is 3.06. The Morgan fingerprint density at radius 3 is 2.60 bits per heavy atom. The van der Waals surface area contributed by atoms with E-state index in [0.717, 1.165) is 8.50 Å². The summed E-state index contributed by atoms with van der Waals surface area (Å²) in [6.07, 6.45) is 0. The molecule has 0 aliphatic carbocycles. The van der Waals surface area contributed by atoms with E-state index in [1.54, 1.807) is 47.1 Å². The second-order valence-corrected chi connectivity index (χ2v) is 5.29. The van der Waals surface area contributed by atoms with E-state index in [1.807, 2.05) is 6.07 Å². The fourth-order valence-corrected chi connectivity index (χ4v) is 2.79. The van der Waals surface area contributed by atoms with Crippen molar-refractivity contribution < 1.29 is 19.1 Å². The molecule has 0 bridgehead atoms.